The van der Waals surface area contributed by atoms with Crippen LogP contribution in [0.2, 0.25) is 0 Å². The number of hydrogen-bond donors (Lipinski definition) is 0. The summed E-state index contributed by atoms with van der Waals surface area (Å²) in [7, 11) is 0. The predicted octanol–water partition coefficient (Wildman–Crippen LogP) is 9.76. The van der Waals surface area contributed by atoms with Crippen LogP contribution in [0.3, 0.4) is 0 Å². The summed E-state index contributed by atoms with van der Waals surface area (Å²) >= 11 is 0. The second-order valence-corrected chi connectivity index (χ2v) is 9.67. The molecule has 0 fully saturated rings. The van der Waals surface area contributed by atoms with Crippen molar-refractivity contribution in [1.82, 2.24) is 0 Å². The minimum Gasteiger partial charge on any atom is -0.192 e. The molecule has 0 aliphatic heterocycles. The molecule has 0 radical (unpaired) electrons. The summed E-state index contributed by atoms with van der Waals surface area (Å²) < 4.78 is 0. The lowest BCUT2D eigenvalue weighted by Gasteiger charge is -2.11. The summed E-state index contributed by atoms with van der Waals surface area (Å²) in [5.41, 5.74) is 11.8. The summed E-state index contributed by atoms with van der Waals surface area (Å²) in [4.78, 5) is 0. The maximum absolute atomic E-state index is 9.76. The first-order chi connectivity index (χ1) is 19.7. The average molecular weight is 509 g/mol. The first-order valence-corrected chi connectivity index (χ1v) is 13.1. The molecule has 0 amide bonds. The van der Waals surface area contributed by atoms with E-state index in [2.05, 4.69) is 84.9 Å². The molecule has 0 N–H and O–H groups in total. The fourth-order valence-electron chi connectivity index (χ4n) is 5.04. The molecule has 0 heterocycles. The van der Waals surface area contributed by atoms with Gasteiger partial charge < -0.3 is 0 Å². The van der Waals surface area contributed by atoms with Crippen LogP contribution in [-0.4, -0.2) is 0 Å². The van der Waals surface area contributed by atoms with Gasteiger partial charge in [-0.25, -0.2) is 0 Å². The molecule has 0 aliphatic carbocycles. The van der Waals surface area contributed by atoms with Crippen LogP contribution < -0.4 is 0 Å². The molecular formula is C38H24N2. The molecule has 0 spiro atoms. The molecule has 40 heavy (non-hydrogen) atoms. The van der Waals surface area contributed by atoms with Gasteiger partial charge in [0.1, 0.15) is 0 Å². The van der Waals surface area contributed by atoms with Crippen LogP contribution in [0.25, 0.3) is 55.6 Å². The van der Waals surface area contributed by atoms with Crippen LogP contribution in [0, 0.1) is 22.7 Å². The fraction of sp³-hybridized carbons (Fsp3) is 0. The SMILES string of the molecule is N#Cc1cc(-c2ccc(-c3ccccc3)cc2)cc(-c2ccc(-c3ccc(C#N)c(-c4ccccc4)c3)cc2)c1. The number of nitrogens with zero attached hydrogens (tertiary/aromatic N) is 2. The van der Waals surface area contributed by atoms with Crippen molar-refractivity contribution >= 4 is 0 Å². The Hall–Kier alpha value is -5.70. The molecular weight excluding hydrogens is 484 g/mol. The third-order valence-corrected chi connectivity index (χ3v) is 7.16. The molecule has 0 saturated heterocycles. The highest BCUT2D eigenvalue weighted by molar-refractivity contribution is 5.80. The Morgan fingerprint density at radius 2 is 0.750 bits per heavy atom. The van der Waals surface area contributed by atoms with Crippen molar-refractivity contribution in [3.8, 4) is 67.8 Å². The summed E-state index contributed by atoms with van der Waals surface area (Å²) in [5, 5.41) is 19.4. The van der Waals surface area contributed by atoms with Crippen LogP contribution in [0.5, 0.6) is 0 Å². The van der Waals surface area contributed by atoms with Gasteiger partial charge in [-0.2, -0.15) is 10.5 Å². The molecule has 0 atom stereocenters. The number of nitriles is 2. The number of rotatable bonds is 5. The van der Waals surface area contributed by atoms with E-state index >= 15 is 0 Å². The van der Waals surface area contributed by atoms with Gasteiger partial charge in [-0.1, -0.05) is 115 Å². The predicted molar refractivity (Wildman–Crippen MR) is 163 cm³/mol. The van der Waals surface area contributed by atoms with E-state index in [9.17, 15) is 10.5 Å². The lowest BCUT2D eigenvalue weighted by molar-refractivity contribution is 1.47. The third-order valence-electron chi connectivity index (χ3n) is 7.16. The van der Waals surface area contributed by atoms with Gasteiger partial charge in [0, 0.05) is 5.56 Å². The Kier molecular flexibility index (Phi) is 6.75. The minimum absolute atomic E-state index is 0.628. The summed E-state index contributed by atoms with van der Waals surface area (Å²) in [5.74, 6) is 0. The van der Waals surface area contributed by atoms with Gasteiger partial charge in [0.25, 0.3) is 0 Å². The van der Waals surface area contributed by atoms with Crippen molar-refractivity contribution in [2.45, 2.75) is 0 Å². The topological polar surface area (TPSA) is 47.6 Å². The number of benzene rings is 6. The minimum atomic E-state index is 0.628. The molecule has 0 saturated carbocycles. The third kappa shape index (κ3) is 5.03. The molecule has 6 aromatic rings. The molecule has 0 unspecified atom stereocenters. The van der Waals surface area contributed by atoms with E-state index in [0.717, 1.165) is 50.1 Å². The van der Waals surface area contributed by atoms with E-state index in [4.69, 9.17) is 0 Å². The summed E-state index contributed by atoms with van der Waals surface area (Å²) in [6.07, 6.45) is 0. The zero-order valence-electron chi connectivity index (χ0n) is 21.8. The van der Waals surface area contributed by atoms with Crippen molar-refractivity contribution in [3.63, 3.8) is 0 Å². The first kappa shape index (κ1) is 24.6. The second-order valence-electron chi connectivity index (χ2n) is 9.67. The van der Waals surface area contributed by atoms with Gasteiger partial charge in [-0.3, -0.25) is 0 Å². The van der Waals surface area contributed by atoms with Gasteiger partial charge in [0.15, 0.2) is 0 Å². The Morgan fingerprint density at radius 3 is 1.25 bits per heavy atom. The van der Waals surface area contributed by atoms with Crippen LogP contribution in [0.1, 0.15) is 11.1 Å². The van der Waals surface area contributed by atoms with E-state index in [1.165, 1.54) is 5.56 Å². The van der Waals surface area contributed by atoms with Crippen LogP contribution in [0.15, 0.2) is 146 Å². The largest absolute Gasteiger partial charge is 0.192 e. The van der Waals surface area contributed by atoms with Crippen LogP contribution in [-0.2, 0) is 0 Å². The number of hydrogen-bond acceptors (Lipinski definition) is 2. The molecule has 0 aliphatic rings. The molecule has 0 aromatic heterocycles. The van der Waals surface area contributed by atoms with E-state index in [1.54, 1.807) is 0 Å². The van der Waals surface area contributed by atoms with Gasteiger partial charge in [0.2, 0.25) is 0 Å². The van der Waals surface area contributed by atoms with Crippen molar-refractivity contribution in [1.29, 1.82) is 10.5 Å². The molecule has 6 rings (SSSR count). The van der Waals surface area contributed by atoms with Crippen LogP contribution >= 0.6 is 0 Å². The van der Waals surface area contributed by atoms with Crippen molar-refractivity contribution < 1.29 is 0 Å². The van der Waals surface area contributed by atoms with Crippen LogP contribution in [0.4, 0.5) is 0 Å². The van der Waals surface area contributed by atoms with Gasteiger partial charge in [-0.05, 0) is 80.4 Å². The van der Waals surface area contributed by atoms with Gasteiger partial charge in [-0.15, -0.1) is 0 Å². The smallest absolute Gasteiger partial charge is 0.0998 e. The van der Waals surface area contributed by atoms with Crippen molar-refractivity contribution in [3.05, 3.63) is 157 Å². The summed E-state index contributed by atoms with van der Waals surface area (Å²) in [6, 6.07) is 53.8. The molecule has 186 valence electrons. The monoisotopic (exact) mass is 508 g/mol. The highest BCUT2D eigenvalue weighted by Gasteiger charge is 2.10. The second kappa shape index (κ2) is 11.0. The summed E-state index contributed by atoms with van der Waals surface area (Å²) in [6.45, 7) is 0. The van der Waals surface area contributed by atoms with Crippen molar-refractivity contribution in [2.75, 3.05) is 0 Å². The highest BCUT2D eigenvalue weighted by atomic mass is 14.3. The van der Waals surface area contributed by atoms with Gasteiger partial charge >= 0.3 is 0 Å². The Morgan fingerprint density at radius 1 is 0.325 bits per heavy atom. The Bertz CT molecular complexity index is 1870. The van der Waals surface area contributed by atoms with E-state index in [0.29, 0.717) is 11.1 Å². The normalized spacial score (nSPS) is 10.4. The van der Waals surface area contributed by atoms with E-state index < -0.39 is 0 Å². The lowest BCUT2D eigenvalue weighted by atomic mass is 9.93. The quantitative estimate of drug-likeness (QED) is 0.233. The maximum Gasteiger partial charge on any atom is 0.0998 e. The fourth-order valence-corrected chi connectivity index (χ4v) is 5.04. The lowest BCUT2D eigenvalue weighted by Crippen LogP contribution is -1.88. The average Bonchev–Trinajstić information content (AvgIpc) is 3.05. The van der Waals surface area contributed by atoms with Gasteiger partial charge in [0.05, 0.1) is 23.3 Å². The first-order valence-electron chi connectivity index (χ1n) is 13.1. The maximum atomic E-state index is 9.76. The van der Waals surface area contributed by atoms with E-state index in [-0.39, 0.29) is 0 Å². The Labute approximate surface area is 234 Å². The van der Waals surface area contributed by atoms with Crippen molar-refractivity contribution in [2.24, 2.45) is 0 Å². The molecule has 2 nitrogen and oxygen atoms in total. The van der Waals surface area contributed by atoms with E-state index in [1.807, 2.05) is 72.8 Å². The molecule has 6 aromatic carbocycles. The zero-order chi connectivity index (χ0) is 27.3. The molecule has 2 heteroatoms. The standard InChI is InChI=1S/C38H24N2/c39-25-27-21-36(31-15-11-29(12-16-31)28-7-3-1-4-8-28)23-37(22-27)32-17-13-30(14-18-32)34-19-20-35(26-40)38(24-34)33-9-5-2-6-10-33/h1-24H. The zero-order valence-corrected chi connectivity index (χ0v) is 21.8. The molecule has 0 bridgehead atoms. The highest BCUT2D eigenvalue weighted by Crippen LogP contribution is 2.33. The Balaban J connectivity index is 1.32.